The molecule has 1 fully saturated rings. The van der Waals surface area contributed by atoms with Gasteiger partial charge in [0.05, 0.1) is 4.47 Å². The van der Waals surface area contributed by atoms with Gasteiger partial charge >= 0.3 is 0 Å². The van der Waals surface area contributed by atoms with Crippen LogP contribution in [-0.2, 0) is 0 Å². The molecule has 0 spiro atoms. The summed E-state index contributed by atoms with van der Waals surface area (Å²) < 4.78 is 0.929. The topological polar surface area (TPSA) is 37.8 Å². The molecule has 1 saturated heterocycles. The Bertz CT molecular complexity index is 318. The monoisotopic (exact) mass is 305 g/mol. The Morgan fingerprint density at radius 3 is 3.20 bits per heavy atom. The van der Waals surface area contributed by atoms with E-state index >= 15 is 0 Å². The molecule has 0 aliphatic carbocycles. The minimum absolute atomic E-state index is 0.700. The second-order valence-electron chi connectivity index (χ2n) is 3.17. The molecule has 0 bridgehead atoms. The molecule has 0 aromatic carbocycles. The fraction of sp³-hybridized carbons (Fsp3) is 0.556. The lowest BCUT2D eigenvalue weighted by Gasteiger charge is -2.21. The second-order valence-corrected chi connectivity index (χ2v) is 6.58. The number of aromatic nitrogens is 2. The smallest absolute Gasteiger partial charge is 0.143 e. The molecule has 1 aliphatic rings. The van der Waals surface area contributed by atoms with Gasteiger partial charge in [0.25, 0.3) is 0 Å². The molecule has 1 unspecified atom stereocenters. The van der Waals surface area contributed by atoms with Crippen LogP contribution < -0.4 is 5.32 Å². The van der Waals surface area contributed by atoms with Gasteiger partial charge in [-0.25, -0.2) is 9.97 Å². The highest BCUT2D eigenvalue weighted by Gasteiger charge is 2.14. The van der Waals surface area contributed by atoms with Crippen LogP contribution in [0.4, 0.5) is 5.82 Å². The van der Waals surface area contributed by atoms with Crippen LogP contribution in [0.2, 0.25) is 0 Å². The molecule has 1 atom stereocenters. The summed E-state index contributed by atoms with van der Waals surface area (Å²) in [4.78, 5) is 8.11. The summed E-state index contributed by atoms with van der Waals surface area (Å²) in [6.07, 6.45) is 3.33. The second kappa shape index (κ2) is 5.96. The number of halogens is 1. The average Bonchev–Trinajstić information content (AvgIpc) is 2.29. The van der Waals surface area contributed by atoms with Crippen molar-refractivity contribution >= 4 is 45.3 Å². The largest absolute Gasteiger partial charge is 0.368 e. The standard InChI is InChI=1S/C9H12BrN3S2/c10-8-4-11-6-13-9(8)12-3-7-5-14-1-2-15-7/h4,6-7H,1-3,5H2,(H,11,12,13). The van der Waals surface area contributed by atoms with E-state index in [1.165, 1.54) is 17.3 Å². The first kappa shape index (κ1) is 11.5. The Balaban J connectivity index is 1.84. The molecule has 1 aromatic rings. The molecule has 0 saturated carbocycles. The molecule has 2 heterocycles. The number of hydrogen-bond acceptors (Lipinski definition) is 5. The van der Waals surface area contributed by atoms with Crippen LogP contribution in [0.5, 0.6) is 0 Å². The zero-order valence-electron chi connectivity index (χ0n) is 8.15. The van der Waals surface area contributed by atoms with Crippen LogP contribution in [0.1, 0.15) is 0 Å². The van der Waals surface area contributed by atoms with Gasteiger partial charge in [-0.05, 0) is 15.9 Å². The summed E-state index contributed by atoms with van der Waals surface area (Å²) in [6, 6.07) is 0. The van der Waals surface area contributed by atoms with Gasteiger partial charge in [-0.3, -0.25) is 0 Å². The molecule has 2 rings (SSSR count). The zero-order valence-corrected chi connectivity index (χ0v) is 11.4. The van der Waals surface area contributed by atoms with Gasteiger partial charge in [-0.2, -0.15) is 23.5 Å². The summed E-state index contributed by atoms with van der Waals surface area (Å²) in [5.74, 6) is 4.68. The van der Waals surface area contributed by atoms with Crippen molar-refractivity contribution in [1.82, 2.24) is 9.97 Å². The van der Waals surface area contributed by atoms with E-state index in [-0.39, 0.29) is 0 Å². The number of thioether (sulfide) groups is 2. The first-order valence-electron chi connectivity index (χ1n) is 4.75. The number of hydrogen-bond donors (Lipinski definition) is 1. The van der Waals surface area contributed by atoms with Gasteiger partial charge in [0.2, 0.25) is 0 Å². The number of nitrogens with zero attached hydrogens (tertiary/aromatic N) is 2. The van der Waals surface area contributed by atoms with E-state index in [0.29, 0.717) is 5.25 Å². The third kappa shape index (κ3) is 3.53. The summed E-state index contributed by atoms with van der Waals surface area (Å²) in [5.41, 5.74) is 0. The van der Waals surface area contributed by atoms with Crippen LogP contribution in [0.3, 0.4) is 0 Å². The lowest BCUT2D eigenvalue weighted by molar-refractivity contribution is 0.984. The van der Waals surface area contributed by atoms with Crippen molar-refractivity contribution in [3.63, 3.8) is 0 Å². The van der Waals surface area contributed by atoms with Gasteiger partial charge in [0.15, 0.2) is 0 Å². The predicted molar refractivity (Wildman–Crippen MR) is 71.8 cm³/mol. The van der Waals surface area contributed by atoms with Crippen molar-refractivity contribution in [2.24, 2.45) is 0 Å². The van der Waals surface area contributed by atoms with Crippen LogP contribution in [0.15, 0.2) is 17.0 Å². The third-order valence-electron chi connectivity index (χ3n) is 2.05. The first-order valence-corrected chi connectivity index (χ1v) is 7.74. The molecule has 1 aliphatic heterocycles. The molecular weight excluding hydrogens is 294 g/mol. The Morgan fingerprint density at radius 1 is 1.53 bits per heavy atom. The average molecular weight is 306 g/mol. The van der Waals surface area contributed by atoms with E-state index in [2.05, 4.69) is 31.2 Å². The highest BCUT2D eigenvalue weighted by molar-refractivity contribution is 9.10. The maximum atomic E-state index is 4.18. The Morgan fingerprint density at radius 2 is 2.47 bits per heavy atom. The van der Waals surface area contributed by atoms with Crippen LogP contribution in [-0.4, -0.2) is 39.0 Å². The SMILES string of the molecule is Brc1cncnc1NCC1CSCCS1. The van der Waals surface area contributed by atoms with Crippen molar-refractivity contribution < 1.29 is 0 Å². The minimum Gasteiger partial charge on any atom is -0.368 e. The molecule has 0 radical (unpaired) electrons. The van der Waals surface area contributed by atoms with Crippen LogP contribution >= 0.6 is 39.5 Å². The third-order valence-corrected chi connectivity index (χ3v) is 5.47. The van der Waals surface area contributed by atoms with E-state index in [1.54, 1.807) is 12.5 Å². The quantitative estimate of drug-likeness (QED) is 0.929. The molecule has 3 nitrogen and oxygen atoms in total. The fourth-order valence-corrected chi connectivity index (χ4v) is 4.28. The van der Waals surface area contributed by atoms with E-state index in [4.69, 9.17) is 0 Å². The molecule has 6 heteroatoms. The molecule has 0 amide bonds. The van der Waals surface area contributed by atoms with Gasteiger partial charge in [0, 0.05) is 35.3 Å². The fourth-order valence-electron chi connectivity index (χ4n) is 1.31. The van der Waals surface area contributed by atoms with Crippen molar-refractivity contribution in [2.45, 2.75) is 5.25 Å². The van der Waals surface area contributed by atoms with Gasteiger partial charge in [-0.1, -0.05) is 0 Å². The normalized spacial score (nSPS) is 21.3. The van der Waals surface area contributed by atoms with E-state index < -0.39 is 0 Å². The van der Waals surface area contributed by atoms with Crippen LogP contribution in [0.25, 0.3) is 0 Å². The molecule has 1 N–H and O–H groups in total. The van der Waals surface area contributed by atoms with Crippen molar-refractivity contribution in [3.05, 3.63) is 17.0 Å². The van der Waals surface area contributed by atoms with Crippen molar-refractivity contribution in [2.75, 3.05) is 29.1 Å². The minimum atomic E-state index is 0.700. The van der Waals surface area contributed by atoms with E-state index in [9.17, 15) is 0 Å². The summed E-state index contributed by atoms with van der Waals surface area (Å²) in [7, 11) is 0. The lowest BCUT2D eigenvalue weighted by Crippen LogP contribution is -2.23. The maximum Gasteiger partial charge on any atom is 0.143 e. The van der Waals surface area contributed by atoms with E-state index in [1.807, 2.05) is 23.5 Å². The molecular formula is C9H12BrN3S2. The molecule has 1 aromatic heterocycles. The Hall–Kier alpha value is 0.0600. The van der Waals surface area contributed by atoms with Gasteiger partial charge < -0.3 is 5.32 Å². The zero-order chi connectivity index (χ0) is 10.5. The van der Waals surface area contributed by atoms with Crippen molar-refractivity contribution in [3.8, 4) is 0 Å². The lowest BCUT2D eigenvalue weighted by atomic mass is 10.4. The molecule has 15 heavy (non-hydrogen) atoms. The Kier molecular flexibility index (Phi) is 4.59. The highest BCUT2D eigenvalue weighted by Crippen LogP contribution is 2.25. The van der Waals surface area contributed by atoms with Crippen LogP contribution in [0, 0.1) is 0 Å². The summed E-state index contributed by atoms with van der Waals surface area (Å²) in [6.45, 7) is 0.979. The number of anilines is 1. The Labute approximate surface area is 106 Å². The first-order chi connectivity index (χ1) is 7.36. The maximum absolute atomic E-state index is 4.18. The highest BCUT2D eigenvalue weighted by atomic mass is 79.9. The molecule has 82 valence electrons. The predicted octanol–water partition coefficient (Wildman–Crippen LogP) is 2.50. The van der Waals surface area contributed by atoms with E-state index in [0.717, 1.165) is 16.8 Å². The number of nitrogens with one attached hydrogen (secondary N) is 1. The number of rotatable bonds is 3. The van der Waals surface area contributed by atoms with Crippen molar-refractivity contribution in [1.29, 1.82) is 0 Å². The summed E-state index contributed by atoms with van der Waals surface area (Å²) >= 11 is 7.51. The van der Waals surface area contributed by atoms with Gasteiger partial charge in [-0.15, -0.1) is 0 Å². The van der Waals surface area contributed by atoms with Gasteiger partial charge in [0.1, 0.15) is 12.1 Å². The summed E-state index contributed by atoms with van der Waals surface area (Å²) in [5, 5.41) is 4.05.